The molecule has 0 aromatic heterocycles. The average Bonchev–Trinajstić information content (AvgIpc) is 2.70. The zero-order valence-electron chi connectivity index (χ0n) is 15.6. The van der Waals surface area contributed by atoms with Crippen LogP contribution in [-0.4, -0.2) is 11.9 Å². The maximum Gasteiger partial charge on any atom is 0.339 e. The number of carbonyl (C=O) groups excluding carboxylic acids is 2. The summed E-state index contributed by atoms with van der Waals surface area (Å²) in [5.41, 5.74) is 3.05. The smallest absolute Gasteiger partial charge is 0.339 e. The molecule has 0 fully saturated rings. The van der Waals surface area contributed by atoms with Gasteiger partial charge in [0.15, 0.2) is 0 Å². The van der Waals surface area contributed by atoms with Crippen LogP contribution in [0.4, 0.5) is 10.1 Å². The van der Waals surface area contributed by atoms with E-state index in [-0.39, 0.29) is 0 Å². The largest absolute Gasteiger partial charge is 0.444 e. The summed E-state index contributed by atoms with van der Waals surface area (Å²) in [5, 5.41) is 2.67. The van der Waals surface area contributed by atoms with Crippen molar-refractivity contribution in [3.05, 3.63) is 101 Å². The fraction of sp³-hybridized carbons (Fsp3) is 0.130. The summed E-state index contributed by atoms with van der Waals surface area (Å²) >= 11 is 0. The first-order valence-corrected chi connectivity index (χ1v) is 8.83. The van der Waals surface area contributed by atoms with Crippen molar-refractivity contribution < 1.29 is 18.7 Å². The van der Waals surface area contributed by atoms with Crippen LogP contribution >= 0.6 is 0 Å². The van der Waals surface area contributed by atoms with Gasteiger partial charge in [0, 0.05) is 11.3 Å². The van der Waals surface area contributed by atoms with Crippen LogP contribution in [0.2, 0.25) is 0 Å². The SMILES string of the molecule is Cc1ccc(C)c(C(=O)O[C@@H](C(=O)Nc2ccc(F)cc2)c2ccccc2)c1. The molecule has 0 radical (unpaired) electrons. The van der Waals surface area contributed by atoms with E-state index in [0.717, 1.165) is 11.1 Å². The van der Waals surface area contributed by atoms with Crippen molar-refractivity contribution in [2.24, 2.45) is 0 Å². The predicted octanol–water partition coefficient (Wildman–Crippen LogP) is 4.98. The van der Waals surface area contributed by atoms with Gasteiger partial charge in [0.1, 0.15) is 5.82 Å². The van der Waals surface area contributed by atoms with Crippen molar-refractivity contribution in [1.82, 2.24) is 0 Å². The Morgan fingerprint density at radius 1 is 0.929 bits per heavy atom. The number of halogens is 1. The zero-order chi connectivity index (χ0) is 20.1. The number of ether oxygens (including phenoxy) is 1. The Hall–Kier alpha value is -3.47. The van der Waals surface area contributed by atoms with E-state index in [1.807, 2.05) is 32.0 Å². The monoisotopic (exact) mass is 377 g/mol. The highest BCUT2D eigenvalue weighted by Gasteiger charge is 2.26. The lowest BCUT2D eigenvalue weighted by Crippen LogP contribution is -2.26. The third kappa shape index (κ3) is 4.62. The summed E-state index contributed by atoms with van der Waals surface area (Å²) < 4.78 is 18.7. The number of amides is 1. The van der Waals surface area contributed by atoms with Gasteiger partial charge in [-0.25, -0.2) is 9.18 Å². The van der Waals surface area contributed by atoms with Crippen molar-refractivity contribution in [2.45, 2.75) is 20.0 Å². The van der Waals surface area contributed by atoms with Crippen LogP contribution in [0, 0.1) is 19.7 Å². The second-order valence-corrected chi connectivity index (χ2v) is 6.51. The Labute approximate surface area is 163 Å². The molecule has 0 unspecified atom stereocenters. The second kappa shape index (κ2) is 8.48. The Morgan fingerprint density at radius 3 is 2.29 bits per heavy atom. The number of hydrogen-bond donors (Lipinski definition) is 1. The van der Waals surface area contributed by atoms with E-state index >= 15 is 0 Å². The number of nitrogens with one attached hydrogen (secondary N) is 1. The lowest BCUT2D eigenvalue weighted by Gasteiger charge is -2.19. The third-order valence-corrected chi connectivity index (χ3v) is 4.29. The molecule has 0 aliphatic carbocycles. The normalized spacial score (nSPS) is 11.5. The minimum Gasteiger partial charge on any atom is -0.444 e. The first kappa shape index (κ1) is 19.3. The minimum absolute atomic E-state index is 0.404. The molecule has 142 valence electrons. The predicted molar refractivity (Wildman–Crippen MR) is 106 cm³/mol. The van der Waals surface area contributed by atoms with Gasteiger partial charge in [0.2, 0.25) is 6.10 Å². The van der Waals surface area contributed by atoms with Gasteiger partial charge >= 0.3 is 5.97 Å². The van der Waals surface area contributed by atoms with Gasteiger partial charge in [-0.15, -0.1) is 0 Å². The Bertz CT molecular complexity index is 984. The fourth-order valence-electron chi connectivity index (χ4n) is 2.77. The molecule has 0 heterocycles. The third-order valence-electron chi connectivity index (χ3n) is 4.29. The maximum atomic E-state index is 13.1. The van der Waals surface area contributed by atoms with Gasteiger partial charge in [-0.2, -0.15) is 0 Å². The molecule has 1 amide bonds. The lowest BCUT2D eigenvalue weighted by molar-refractivity contribution is -0.125. The van der Waals surface area contributed by atoms with E-state index in [4.69, 9.17) is 4.74 Å². The van der Waals surface area contributed by atoms with E-state index in [9.17, 15) is 14.0 Å². The molecular weight excluding hydrogens is 357 g/mol. The molecule has 3 aromatic carbocycles. The molecule has 0 aliphatic heterocycles. The van der Waals surface area contributed by atoms with E-state index in [1.165, 1.54) is 24.3 Å². The summed E-state index contributed by atoms with van der Waals surface area (Å²) in [6, 6.07) is 19.6. The lowest BCUT2D eigenvalue weighted by atomic mass is 10.1. The first-order valence-electron chi connectivity index (χ1n) is 8.83. The van der Waals surface area contributed by atoms with Crippen LogP contribution in [0.3, 0.4) is 0 Å². The number of esters is 1. The number of rotatable bonds is 5. The molecule has 0 spiro atoms. The number of aryl methyl sites for hydroxylation is 2. The molecule has 0 saturated carbocycles. The van der Waals surface area contributed by atoms with E-state index in [0.29, 0.717) is 16.8 Å². The standard InChI is InChI=1S/C23H20FNO3/c1-15-8-9-16(2)20(14-15)23(27)28-21(17-6-4-3-5-7-17)22(26)25-19-12-10-18(24)11-13-19/h3-14,21H,1-2H3,(H,25,26)/t21-/m1/s1. The summed E-state index contributed by atoms with van der Waals surface area (Å²) in [7, 11) is 0. The van der Waals surface area contributed by atoms with Crippen LogP contribution in [0.15, 0.2) is 72.8 Å². The van der Waals surface area contributed by atoms with Crippen molar-refractivity contribution in [1.29, 1.82) is 0 Å². The number of carbonyl (C=O) groups is 2. The Balaban J connectivity index is 1.87. The van der Waals surface area contributed by atoms with Gasteiger partial charge in [-0.3, -0.25) is 4.79 Å². The first-order chi connectivity index (χ1) is 13.4. The summed E-state index contributed by atoms with van der Waals surface area (Å²) in [4.78, 5) is 25.6. The molecule has 4 nitrogen and oxygen atoms in total. The summed E-state index contributed by atoms with van der Waals surface area (Å²) in [6.45, 7) is 3.69. The number of anilines is 1. The Morgan fingerprint density at radius 2 is 1.61 bits per heavy atom. The fourth-order valence-corrected chi connectivity index (χ4v) is 2.77. The van der Waals surface area contributed by atoms with Gasteiger partial charge in [0.05, 0.1) is 5.56 Å². The molecule has 3 rings (SSSR count). The van der Waals surface area contributed by atoms with Crippen LogP contribution in [-0.2, 0) is 9.53 Å². The van der Waals surface area contributed by atoms with Crippen molar-refractivity contribution in [3.8, 4) is 0 Å². The highest BCUT2D eigenvalue weighted by molar-refractivity contribution is 5.98. The topological polar surface area (TPSA) is 55.4 Å². The summed E-state index contributed by atoms with van der Waals surface area (Å²) in [6.07, 6.45) is -1.14. The van der Waals surface area contributed by atoms with Gasteiger partial charge in [-0.1, -0.05) is 48.0 Å². The molecule has 1 atom stereocenters. The number of hydrogen-bond acceptors (Lipinski definition) is 3. The van der Waals surface area contributed by atoms with Crippen LogP contribution in [0.5, 0.6) is 0 Å². The van der Waals surface area contributed by atoms with Crippen molar-refractivity contribution >= 4 is 17.6 Å². The van der Waals surface area contributed by atoms with Gasteiger partial charge in [0.25, 0.3) is 5.91 Å². The molecule has 1 N–H and O–H groups in total. The quantitative estimate of drug-likeness (QED) is 0.638. The molecule has 0 bridgehead atoms. The highest BCUT2D eigenvalue weighted by atomic mass is 19.1. The molecule has 0 saturated heterocycles. The molecular formula is C23H20FNO3. The summed E-state index contributed by atoms with van der Waals surface area (Å²) in [5.74, 6) is -1.50. The molecule has 3 aromatic rings. The van der Waals surface area contributed by atoms with Crippen LogP contribution < -0.4 is 5.32 Å². The highest BCUT2D eigenvalue weighted by Crippen LogP contribution is 2.23. The second-order valence-electron chi connectivity index (χ2n) is 6.51. The van der Waals surface area contributed by atoms with Gasteiger partial charge in [-0.05, 0) is 49.7 Å². The maximum absolute atomic E-state index is 13.1. The minimum atomic E-state index is -1.14. The van der Waals surface area contributed by atoms with E-state index in [2.05, 4.69) is 5.32 Å². The zero-order valence-corrected chi connectivity index (χ0v) is 15.6. The average molecular weight is 377 g/mol. The van der Waals surface area contributed by atoms with Crippen LogP contribution in [0.25, 0.3) is 0 Å². The van der Waals surface area contributed by atoms with Crippen molar-refractivity contribution in [3.63, 3.8) is 0 Å². The van der Waals surface area contributed by atoms with Gasteiger partial charge < -0.3 is 10.1 Å². The Kier molecular flexibility index (Phi) is 5.84. The van der Waals surface area contributed by atoms with E-state index < -0.39 is 23.8 Å². The molecule has 28 heavy (non-hydrogen) atoms. The number of benzene rings is 3. The van der Waals surface area contributed by atoms with Crippen LogP contribution in [0.1, 0.15) is 33.2 Å². The molecule has 0 aliphatic rings. The van der Waals surface area contributed by atoms with Crippen molar-refractivity contribution in [2.75, 3.05) is 5.32 Å². The van der Waals surface area contributed by atoms with E-state index in [1.54, 1.807) is 30.3 Å². The molecule has 5 heteroatoms.